The zero-order chi connectivity index (χ0) is 20.6. The Labute approximate surface area is 163 Å². The largest absolute Gasteiger partial charge is 0.416 e. The van der Waals surface area contributed by atoms with Crippen LogP contribution in [-0.4, -0.2) is 16.2 Å². The standard InChI is InChI=1S/C20H17F3N4O2/c21-20(22,23)15-3-1-2-14(10-15)19(8-9-19)17-26-16(29-27-17)13-6-4-12(5-7-13)11-25-18(24)28/h1-7,10H,8-9,11H2,(H3,24,25,28). The first-order valence-electron chi connectivity index (χ1n) is 8.92. The predicted molar refractivity (Wildman–Crippen MR) is 97.6 cm³/mol. The molecule has 1 fully saturated rings. The van der Waals surface area contributed by atoms with E-state index in [4.69, 9.17) is 10.3 Å². The SMILES string of the molecule is NC(=O)NCc1ccc(-c2nc(C3(c4cccc(C(F)(F)F)c4)CC3)no2)cc1. The molecule has 0 atom stereocenters. The van der Waals surface area contributed by atoms with Crippen LogP contribution in [0.3, 0.4) is 0 Å². The van der Waals surface area contributed by atoms with E-state index >= 15 is 0 Å². The van der Waals surface area contributed by atoms with E-state index in [1.807, 2.05) is 0 Å². The zero-order valence-electron chi connectivity index (χ0n) is 15.2. The molecule has 0 spiro atoms. The Morgan fingerprint density at radius 3 is 2.52 bits per heavy atom. The Balaban J connectivity index is 1.57. The molecule has 1 aromatic heterocycles. The second-order valence-electron chi connectivity index (χ2n) is 7.00. The zero-order valence-corrected chi connectivity index (χ0v) is 15.2. The summed E-state index contributed by atoms with van der Waals surface area (Å²) >= 11 is 0. The molecule has 0 saturated heterocycles. The molecule has 9 heteroatoms. The van der Waals surface area contributed by atoms with Gasteiger partial charge in [0, 0.05) is 12.1 Å². The van der Waals surface area contributed by atoms with Crippen molar-refractivity contribution in [2.24, 2.45) is 5.73 Å². The molecule has 0 unspecified atom stereocenters. The maximum Gasteiger partial charge on any atom is 0.416 e. The van der Waals surface area contributed by atoms with Gasteiger partial charge in [-0.25, -0.2) is 4.79 Å². The molecule has 0 radical (unpaired) electrons. The molecular weight excluding hydrogens is 385 g/mol. The number of hydrogen-bond acceptors (Lipinski definition) is 4. The lowest BCUT2D eigenvalue weighted by Gasteiger charge is -2.14. The third-order valence-electron chi connectivity index (χ3n) is 5.01. The van der Waals surface area contributed by atoms with Gasteiger partial charge >= 0.3 is 12.2 Å². The summed E-state index contributed by atoms with van der Waals surface area (Å²) in [4.78, 5) is 15.2. The van der Waals surface area contributed by atoms with E-state index in [0.717, 1.165) is 17.7 Å². The quantitative estimate of drug-likeness (QED) is 0.674. The van der Waals surface area contributed by atoms with Gasteiger partial charge < -0.3 is 15.6 Å². The van der Waals surface area contributed by atoms with Crippen molar-refractivity contribution in [3.05, 3.63) is 71.0 Å². The van der Waals surface area contributed by atoms with Crippen molar-refractivity contribution in [2.75, 3.05) is 0 Å². The van der Waals surface area contributed by atoms with Crippen molar-refractivity contribution in [3.63, 3.8) is 0 Å². The number of nitrogens with two attached hydrogens (primary N) is 1. The number of rotatable bonds is 5. The Hall–Kier alpha value is -3.36. The summed E-state index contributed by atoms with van der Waals surface area (Å²) in [5, 5.41) is 6.53. The summed E-state index contributed by atoms with van der Waals surface area (Å²) < 4.78 is 44.5. The molecule has 2 amide bonds. The van der Waals surface area contributed by atoms with Gasteiger partial charge in [0.15, 0.2) is 5.82 Å². The number of nitrogens with one attached hydrogen (secondary N) is 1. The fourth-order valence-corrected chi connectivity index (χ4v) is 3.25. The van der Waals surface area contributed by atoms with Gasteiger partial charge in [-0.1, -0.05) is 35.5 Å². The number of carbonyl (C=O) groups excluding carboxylic acids is 1. The number of urea groups is 1. The first-order chi connectivity index (χ1) is 13.8. The minimum Gasteiger partial charge on any atom is -0.352 e. The average molecular weight is 402 g/mol. The van der Waals surface area contributed by atoms with Gasteiger partial charge in [0.1, 0.15) is 0 Å². The third-order valence-corrected chi connectivity index (χ3v) is 5.01. The maximum atomic E-state index is 13.1. The average Bonchev–Trinajstić information content (AvgIpc) is 3.36. The van der Waals surface area contributed by atoms with Crippen LogP contribution in [0.1, 0.15) is 35.4 Å². The lowest BCUT2D eigenvalue weighted by atomic mass is 9.93. The molecule has 3 aromatic rings. The Bertz CT molecular complexity index is 1040. The Morgan fingerprint density at radius 2 is 1.90 bits per heavy atom. The first kappa shape index (κ1) is 19.0. The normalized spacial score (nSPS) is 15.1. The highest BCUT2D eigenvalue weighted by atomic mass is 19.4. The van der Waals surface area contributed by atoms with Crippen LogP contribution in [0, 0.1) is 0 Å². The van der Waals surface area contributed by atoms with Crippen molar-refractivity contribution in [1.29, 1.82) is 0 Å². The van der Waals surface area contributed by atoms with Crippen molar-refractivity contribution in [1.82, 2.24) is 15.5 Å². The predicted octanol–water partition coefficient (Wildman–Crippen LogP) is 4.00. The molecular formula is C20H17F3N4O2. The minimum absolute atomic E-state index is 0.285. The van der Waals surface area contributed by atoms with Gasteiger partial charge in [0.05, 0.1) is 11.0 Å². The smallest absolute Gasteiger partial charge is 0.352 e. The molecule has 0 aliphatic heterocycles. The van der Waals surface area contributed by atoms with Crippen LogP contribution in [0.15, 0.2) is 53.1 Å². The van der Waals surface area contributed by atoms with Crippen molar-refractivity contribution < 1.29 is 22.5 Å². The van der Waals surface area contributed by atoms with Crippen molar-refractivity contribution >= 4 is 6.03 Å². The van der Waals surface area contributed by atoms with Crippen LogP contribution in [0.25, 0.3) is 11.5 Å². The minimum atomic E-state index is -4.40. The molecule has 1 heterocycles. The number of amides is 2. The lowest BCUT2D eigenvalue weighted by molar-refractivity contribution is -0.137. The molecule has 1 saturated carbocycles. The van der Waals surface area contributed by atoms with Gasteiger partial charge in [-0.2, -0.15) is 18.2 Å². The fraction of sp³-hybridized carbons (Fsp3) is 0.250. The molecule has 4 rings (SSSR count). The number of primary amides is 1. The summed E-state index contributed by atoms with van der Waals surface area (Å²) in [7, 11) is 0. The van der Waals surface area contributed by atoms with E-state index in [-0.39, 0.29) is 5.89 Å². The Morgan fingerprint density at radius 1 is 1.17 bits per heavy atom. The summed E-state index contributed by atoms with van der Waals surface area (Å²) in [5.41, 5.74) is 5.76. The van der Waals surface area contributed by atoms with Crippen LogP contribution in [0.4, 0.5) is 18.0 Å². The van der Waals surface area contributed by atoms with Crippen LogP contribution in [0.5, 0.6) is 0 Å². The van der Waals surface area contributed by atoms with E-state index < -0.39 is 23.2 Å². The van der Waals surface area contributed by atoms with Crippen molar-refractivity contribution in [3.8, 4) is 11.5 Å². The maximum absolute atomic E-state index is 13.1. The van der Waals surface area contributed by atoms with E-state index in [9.17, 15) is 18.0 Å². The summed E-state index contributed by atoms with van der Waals surface area (Å²) in [5.74, 6) is 0.666. The monoisotopic (exact) mass is 402 g/mol. The molecule has 1 aliphatic rings. The number of aromatic nitrogens is 2. The van der Waals surface area contributed by atoms with E-state index in [1.54, 1.807) is 30.3 Å². The van der Waals surface area contributed by atoms with Gasteiger partial charge in [-0.05, 0) is 42.2 Å². The second-order valence-corrected chi connectivity index (χ2v) is 7.00. The molecule has 29 heavy (non-hydrogen) atoms. The van der Waals surface area contributed by atoms with Crippen molar-refractivity contribution in [2.45, 2.75) is 31.0 Å². The topological polar surface area (TPSA) is 94.0 Å². The van der Waals surface area contributed by atoms with Crippen LogP contribution in [-0.2, 0) is 18.1 Å². The second kappa shape index (κ2) is 6.91. The summed E-state index contributed by atoms with van der Waals surface area (Å²) in [6, 6.07) is 11.8. The molecule has 3 N–H and O–H groups in total. The highest BCUT2D eigenvalue weighted by molar-refractivity contribution is 5.71. The molecule has 1 aliphatic carbocycles. The van der Waals surface area contributed by atoms with E-state index in [1.165, 1.54) is 6.07 Å². The van der Waals surface area contributed by atoms with Gasteiger partial charge in [-0.3, -0.25) is 0 Å². The van der Waals surface area contributed by atoms with Gasteiger partial charge in [-0.15, -0.1) is 0 Å². The number of hydrogen-bond donors (Lipinski definition) is 2. The van der Waals surface area contributed by atoms with Gasteiger partial charge in [0.25, 0.3) is 5.89 Å². The molecule has 2 aromatic carbocycles. The van der Waals surface area contributed by atoms with E-state index in [2.05, 4.69) is 15.5 Å². The lowest BCUT2D eigenvalue weighted by Crippen LogP contribution is -2.28. The summed E-state index contributed by atoms with van der Waals surface area (Å²) in [6.07, 6.45) is -3.09. The van der Waals surface area contributed by atoms with Crippen LogP contribution >= 0.6 is 0 Å². The Kier molecular flexibility index (Phi) is 4.52. The number of nitrogens with zero attached hydrogens (tertiary/aromatic N) is 2. The molecule has 150 valence electrons. The number of carbonyl (C=O) groups is 1. The highest BCUT2D eigenvalue weighted by Gasteiger charge is 2.50. The van der Waals surface area contributed by atoms with Crippen LogP contribution in [0.2, 0.25) is 0 Å². The number of alkyl halides is 3. The third kappa shape index (κ3) is 3.80. The van der Waals surface area contributed by atoms with Gasteiger partial charge in [0.2, 0.25) is 0 Å². The van der Waals surface area contributed by atoms with Crippen LogP contribution < -0.4 is 11.1 Å². The first-order valence-corrected chi connectivity index (χ1v) is 8.92. The summed E-state index contributed by atoms with van der Waals surface area (Å²) in [6.45, 7) is 0.295. The van der Waals surface area contributed by atoms with E-state index in [0.29, 0.717) is 36.3 Å². The highest BCUT2D eigenvalue weighted by Crippen LogP contribution is 2.53. The fourth-order valence-electron chi connectivity index (χ4n) is 3.25. The number of halogens is 3. The number of benzene rings is 2. The molecule has 6 nitrogen and oxygen atoms in total. The molecule has 0 bridgehead atoms.